The topological polar surface area (TPSA) is 43.8 Å². The Morgan fingerprint density at radius 3 is 2.57 bits per heavy atom. The maximum Gasteiger partial charge on any atom is 0.143 e. The molecule has 0 bridgehead atoms. The van der Waals surface area contributed by atoms with Crippen molar-refractivity contribution in [1.82, 2.24) is 9.55 Å². The van der Waals surface area contributed by atoms with Crippen molar-refractivity contribution >= 4 is 16.7 Å². The highest BCUT2D eigenvalue weighted by Gasteiger charge is 2.37. The number of para-hydroxylation sites is 2. The monoisotopic (exact) mass is 305 g/mol. The largest absolute Gasteiger partial charge is 0.398 e. The molecule has 118 valence electrons. The Morgan fingerprint density at radius 2 is 1.87 bits per heavy atom. The number of fused-ring (bicyclic) bond motifs is 1. The van der Waals surface area contributed by atoms with Gasteiger partial charge in [-0.3, -0.25) is 0 Å². The fourth-order valence-electron chi connectivity index (χ4n) is 3.83. The van der Waals surface area contributed by atoms with Crippen LogP contribution in [0, 0.1) is 13.8 Å². The summed E-state index contributed by atoms with van der Waals surface area (Å²) >= 11 is 0. The molecule has 0 spiro atoms. The zero-order valence-electron chi connectivity index (χ0n) is 14.1. The van der Waals surface area contributed by atoms with Crippen molar-refractivity contribution in [2.45, 2.75) is 45.6 Å². The van der Waals surface area contributed by atoms with E-state index in [9.17, 15) is 0 Å². The molecule has 3 aromatic rings. The van der Waals surface area contributed by atoms with E-state index >= 15 is 0 Å². The fourth-order valence-corrected chi connectivity index (χ4v) is 3.83. The zero-order valence-corrected chi connectivity index (χ0v) is 14.1. The van der Waals surface area contributed by atoms with E-state index in [2.05, 4.69) is 61.7 Å². The van der Waals surface area contributed by atoms with E-state index in [1.54, 1.807) is 0 Å². The number of nitrogen functional groups attached to an aromatic ring is 1. The summed E-state index contributed by atoms with van der Waals surface area (Å²) in [5.41, 5.74) is 13.1. The molecule has 1 fully saturated rings. The molecule has 23 heavy (non-hydrogen) atoms. The van der Waals surface area contributed by atoms with E-state index in [-0.39, 0.29) is 5.54 Å². The molecule has 4 rings (SSSR count). The Labute approximate surface area is 137 Å². The maximum atomic E-state index is 6.42. The van der Waals surface area contributed by atoms with Gasteiger partial charge in [0.1, 0.15) is 5.82 Å². The first kappa shape index (κ1) is 14.3. The van der Waals surface area contributed by atoms with E-state index in [0.29, 0.717) is 0 Å². The summed E-state index contributed by atoms with van der Waals surface area (Å²) in [4.78, 5) is 4.96. The molecule has 2 N–H and O–H groups in total. The molecule has 1 aliphatic carbocycles. The number of nitrogens with two attached hydrogens (primary N) is 1. The molecule has 1 saturated carbocycles. The van der Waals surface area contributed by atoms with Crippen molar-refractivity contribution in [3.8, 4) is 11.4 Å². The summed E-state index contributed by atoms with van der Waals surface area (Å²) < 4.78 is 2.43. The summed E-state index contributed by atoms with van der Waals surface area (Å²) in [6, 6.07) is 12.7. The number of aryl methyl sites for hydroxylation is 2. The van der Waals surface area contributed by atoms with Gasteiger partial charge in [-0.1, -0.05) is 18.2 Å². The zero-order chi connectivity index (χ0) is 16.2. The van der Waals surface area contributed by atoms with Gasteiger partial charge in [0.25, 0.3) is 0 Å². The van der Waals surface area contributed by atoms with Gasteiger partial charge < -0.3 is 10.3 Å². The predicted octanol–water partition coefficient (Wildman–Crippen LogP) is 4.80. The third kappa shape index (κ3) is 2.07. The number of anilines is 1. The van der Waals surface area contributed by atoms with Gasteiger partial charge in [0.15, 0.2) is 0 Å². The molecule has 0 radical (unpaired) electrons. The highest BCUT2D eigenvalue weighted by Crippen LogP contribution is 2.44. The normalized spacial score (nSPS) is 16.5. The van der Waals surface area contributed by atoms with E-state index in [1.807, 2.05) is 0 Å². The SMILES string of the molecule is Cc1cc(C)c(N)c(-c2nc3ccccc3n2C2(C)CCC2)c1. The lowest BCUT2D eigenvalue weighted by Crippen LogP contribution is -2.37. The van der Waals surface area contributed by atoms with Crippen molar-refractivity contribution in [2.24, 2.45) is 0 Å². The van der Waals surface area contributed by atoms with Crippen molar-refractivity contribution in [2.75, 3.05) is 5.73 Å². The second kappa shape index (κ2) is 4.85. The highest BCUT2D eigenvalue weighted by molar-refractivity contribution is 5.85. The minimum absolute atomic E-state index is 0.148. The lowest BCUT2D eigenvalue weighted by atomic mass is 9.78. The first-order valence-electron chi connectivity index (χ1n) is 8.35. The molecule has 1 heterocycles. The first-order chi connectivity index (χ1) is 11.0. The van der Waals surface area contributed by atoms with E-state index in [4.69, 9.17) is 10.7 Å². The van der Waals surface area contributed by atoms with Crippen LogP contribution in [0.2, 0.25) is 0 Å². The van der Waals surface area contributed by atoms with Crippen molar-refractivity contribution in [3.05, 3.63) is 47.5 Å². The van der Waals surface area contributed by atoms with Gasteiger partial charge in [0.05, 0.1) is 11.0 Å². The van der Waals surface area contributed by atoms with Crippen molar-refractivity contribution < 1.29 is 0 Å². The molecule has 3 nitrogen and oxygen atoms in total. The maximum absolute atomic E-state index is 6.42. The summed E-state index contributed by atoms with van der Waals surface area (Å²) in [5, 5.41) is 0. The van der Waals surface area contributed by atoms with E-state index in [0.717, 1.165) is 28.2 Å². The standard InChI is InChI=1S/C20H23N3/c1-13-11-14(2)18(21)15(12-13)19-22-16-7-4-5-8-17(16)23(19)20(3)9-6-10-20/h4-5,7-8,11-12H,6,9-10,21H2,1-3H3. The fraction of sp³-hybridized carbons (Fsp3) is 0.350. The molecule has 1 aliphatic rings. The number of hydrogen-bond donors (Lipinski definition) is 1. The second-order valence-electron chi connectivity index (χ2n) is 7.15. The van der Waals surface area contributed by atoms with Crippen molar-refractivity contribution in [1.29, 1.82) is 0 Å². The number of aromatic nitrogens is 2. The summed E-state index contributed by atoms with van der Waals surface area (Å²) in [7, 11) is 0. The van der Waals surface area contributed by atoms with Gasteiger partial charge in [-0.05, 0) is 69.4 Å². The van der Waals surface area contributed by atoms with Crippen LogP contribution in [-0.2, 0) is 5.54 Å². The average molecular weight is 305 g/mol. The van der Waals surface area contributed by atoms with Crippen LogP contribution in [0.1, 0.15) is 37.3 Å². The van der Waals surface area contributed by atoms with Crippen molar-refractivity contribution in [3.63, 3.8) is 0 Å². The van der Waals surface area contributed by atoms with Crippen LogP contribution in [0.25, 0.3) is 22.4 Å². The lowest BCUT2D eigenvalue weighted by Gasteiger charge is -2.41. The summed E-state index contributed by atoms with van der Waals surface area (Å²) in [6.07, 6.45) is 3.68. The molecule has 0 amide bonds. The Hall–Kier alpha value is -2.29. The highest BCUT2D eigenvalue weighted by atomic mass is 15.2. The number of imidazole rings is 1. The second-order valence-corrected chi connectivity index (χ2v) is 7.15. The van der Waals surface area contributed by atoms with E-state index < -0.39 is 0 Å². The van der Waals surface area contributed by atoms with Crippen LogP contribution in [0.4, 0.5) is 5.69 Å². The molecule has 0 aliphatic heterocycles. The lowest BCUT2D eigenvalue weighted by molar-refractivity contribution is 0.177. The Kier molecular flexibility index (Phi) is 3.02. The van der Waals surface area contributed by atoms with Crippen LogP contribution in [0.5, 0.6) is 0 Å². The van der Waals surface area contributed by atoms with Crippen LogP contribution < -0.4 is 5.73 Å². The molecular weight excluding hydrogens is 282 g/mol. The quantitative estimate of drug-likeness (QED) is 0.691. The van der Waals surface area contributed by atoms with Crippen LogP contribution in [0.3, 0.4) is 0 Å². The van der Waals surface area contributed by atoms with E-state index in [1.165, 1.54) is 30.3 Å². The van der Waals surface area contributed by atoms with Gasteiger partial charge in [0.2, 0.25) is 0 Å². The Morgan fingerprint density at radius 1 is 1.13 bits per heavy atom. The third-order valence-electron chi connectivity index (χ3n) is 5.30. The van der Waals surface area contributed by atoms with Gasteiger partial charge >= 0.3 is 0 Å². The Balaban J connectivity index is 2.06. The number of rotatable bonds is 2. The number of benzene rings is 2. The first-order valence-corrected chi connectivity index (χ1v) is 8.35. The molecule has 3 heteroatoms. The smallest absolute Gasteiger partial charge is 0.143 e. The van der Waals surface area contributed by atoms with Crippen LogP contribution in [-0.4, -0.2) is 9.55 Å². The molecule has 1 aromatic heterocycles. The molecule has 0 atom stereocenters. The van der Waals surface area contributed by atoms with Crippen LogP contribution in [0.15, 0.2) is 36.4 Å². The minimum Gasteiger partial charge on any atom is -0.398 e. The molecule has 0 saturated heterocycles. The van der Waals surface area contributed by atoms with Gasteiger partial charge in [-0.25, -0.2) is 4.98 Å². The third-order valence-corrected chi connectivity index (χ3v) is 5.30. The Bertz CT molecular complexity index is 901. The predicted molar refractivity (Wildman–Crippen MR) is 96.6 cm³/mol. The molecular formula is C20H23N3. The molecule has 2 aromatic carbocycles. The summed E-state index contributed by atoms with van der Waals surface area (Å²) in [6.45, 7) is 6.53. The summed E-state index contributed by atoms with van der Waals surface area (Å²) in [5.74, 6) is 1.01. The number of hydrogen-bond acceptors (Lipinski definition) is 2. The van der Waals surface area contributed by atoms with Gasteiger partial charge in [-0.2, -0.15) is 0 Å². The molecule has 0 unspecified atom stereocenters. The minimum atomic E-state index is 0.148. The van der Waals surface area contributed by atoms with Crippen LogP contribution >= 0.6 is 0 Å². The average Bonchev–Trinajstić information content (AvgIpc) is 2.88. The number of nitrogens with zero attached hydrogens (tertiary/aromatic N) is 2. The van der Waals surface area contributed by atoms with Gasteiger partial charge in [-0.15, -0.1) is 0 Å². The van der Waals surface area contributed by atoms with Gasteiger partial charge in [0, 0.05) is 16.8 Å².